The van der Waals surface area contributed by atoms with Crippen molar-refractivity contribution in [2.45, 2.75) is 97.8 Å². The van der Waals surface area contributed by atoms with Crippen LogP contribution in [0.15, 0.2) is 95.8 Å². The van der Waals surface area contributed by atoms with E-state index in [2.05, 4.69) is 99.0 Å². The topological polar surface area (TPSA) is 25.2 Å². The summed E-state index contributed by atoms with van der Waals surface area (Å²) in [7, 11) is 0. The fourth-order valence-electron chi connectivity index (χ4n) is 4.31. The number of hydrogen-bond acceptors (Lipinski definition) is 2. The maximum atomic E-state index is 4.87. The van der Waals surface area contributed by atoms with Crippen molar-refractivity contribution in [1.29, 1.82) is 0 Å². The Morgan fingerprint density at radius 1 is 0.821 bits per heavy atom. The van der Waals surface area contributed by atoms with Crippen LogP contribution in [0.4, 0.5) is 0 Å². The van der Waals surface area contributed by atoms with Gasteiger partial charge in [-0.2, -0.15) is 0 Å². The summed E-state index contributed by atoms with van der Waals surface area (Å²) in [4.78, 5) is 9.64. The smallest absolute Gasteiger partial charge is 0.0410 e. The highest BCUT2D eigenvalue weighted by Gasteiger charge is 2.02. The molecule has 0 saturated carbocycles. The minimum absolute atomic E-state index is 0.806. The van der Waals surface area contributed by atoms with E-state index in [9.17, 15) is 0 Å². The van der Waals surface area contributed by atoms with Gasteiger partial charge in [-0.25, -0.2) is 0 Å². The van der Waals surface area contributed by atoms with Crippen molar-refractivity contribution in [2.75, 3.05) is 0 Å². The van der Waals surface area contributed by atoms with Gasteiger partial charge in [-0.3, -0.25) is 9.98 Å². The van der Waals surface area contributed by atoms with E-state index in [0.29, 0.717) is 0 Å². The Morgan fingerprint density at radius 2 is 1.59 bits per heavy atom. The molecule has 0 saturated heterocycles. The van der Waals surface area contributed by atoms with Crippen molar-refractivity contribution >= 4 is 18.4 Å². The third-order valence-corrected chi connectivity index (χ3v) is 6.61. The second-order valence-corrected chi connectivity index (χ2v) is 10.0. The highest BCUT2D eigenvalue weighted by molar-refractivity contribution is 5.68. The number of pyridine rings is 1. The van der Waals surface area contributed by atoms with Crippen molar-refractivity contribution in [3.63, 3.8) is 0 Å². The maximum absolute atomic E-state index is 4.87. The molecule has 39 heavy (non-hydrogen) atoms. The molecule has 0 unspecified atom stereocenters. The molecule has 2 nitrogen and oxygen atoms in total. The number of nitrogens with zero attached hydrogens (tertiary/aromatic N) is 2. The molecule has 1 aromatic heterocycles. The molecule has 0 aliphatic carbocycles. The quantitative estimate of drug-likeness (QED) is 0.102. The highest BCUT2D eigenvalue weighted by Crippen LogP contribution is 2.17. The van der Waals surface area contributed by atoms with Crippen molar-refractivity contribution in [3.8, 4) is 0 Å². The molecule has 208 valence electrons. The number of unbranched alkanes of at least 4 members (excludes halogenated alkanes) is 6. The van der Waals surface area contributed by atoms with Gasteiger partial charge in [0.2, 0.25) is 0 Å². The molecule has 0 atom stereocenters. The average molecular weight is 523 g/mol. The first-order valence-corrected chi connectivity index (χ1v) is 15.1. The van der Waals surface area contributed by atoms with E-state index in [1.807, 2.05) is 25.3 Å². The Hall–Kier alpha value is -3.26. The molecule has 1 heterocycles. The molecule has 2 rings (SSSR count). The molecular formula is C37H50N2. The molecule has 0 bridgehead atoms. The predicted octanol–water partition coefficient (Wildman–Crippen LogP) is 10.9. The van der Waals surface area contributed by atoms with Gasteiger partial charge in [0.05, 0.1) is 0 Å². The van der Waals surface area contributed by atoms with E-state index >= 15 is 0 Å². The van der Waals surface area contributed by atoms with Crippen LogP contribution in [0, 0.1) is 0 Å². The Balaban J connectivity index is 2.06. The third kappa shape index (κ3) is 15.1. The lowest BCUT2D eigenvalue weighted by Crippen LogP contribution is -1.94. The van der Waals surface area contributed by atoms with Crippen molar-refractivity contribution in [1.82, 2.24) is 4.98 Å². The van der Waals surface area contributed by atoms with Crippen LogP contribution in [-0.2, 0) is 12.8 Å². The van der Waals surface area contributed by atoms with Gasteiger partial charge >= 0.3 is 0 Å². The molecule has 1 aromatic carbocycles. The van der Waals surface area contributed by atoms with Gasteiger partial charge in [0.15, 0.2) is 0 Å². The van der Waals surface area contributed by atoms with E-state index in [1.54, 1.807) is 0 Å². The number of rotatable bonds is 19. The maximum Gasteiger partial charge on any atom is 0.0410 e. The molecule has 0 spiro atoms. The second kappa shape index (κ2) is 21.6. The Labute approximate surface area is 239 Å². The zero-order chi connectivity index (χ0) is 27.8. The van der Waals surface area contributed by atoms with E-state index in [-0.39, 0.29) is 0 Å². The summed E-state index contributed by atoms with van der Waals surface area (Å²) in [6.45, 7) is 6.54. The van der Waals surface area contributed by atoms with Crippen molar-refractivity contribution in [3.05, 3.63) is 113 Å². The van der Waals surface area contributed by atoms with Crippen LogP contribution in [0.2, 0.25) is 0 Å². The van der Waals surface area contributed by atoms with Crippen LogP contribution < -0.4 is 0 Å². The Kier molecular flexibility index (Phi) is 17.7. The zero-order valence-corrected chi connectivity index (χ0v) is 24.7. The lowest BCUT2D eigenvalue weighted by molar-refractivity contribution is 0.660. The molecule has 0 N–H and O–H groups in total. The fourth-order valence-corrected chi connectivity index (χ4v) is 4.31. The summed E-state index contributed by atoms with van der Waals surface area (Å²) in [5.41, 5.74) is 6.08. The second-order valence-electron chi connectivity index (χ2n) is 10.0. The summed E-state index contributed by atoms with van der Waals surface area (Å²) in [5.74, 6) is 0. The largest absolute Gasteiger partial charge is 0.266 e. The van der Waals surface area contributed by atoms with E-state index in [0.717, 1.165) is 31.2 Å². The molecule has 0 radical (unpaired) electrons. The van der Waals surface area contributed by atoms with Crippen LogP contribution in [0.3, 0.4) is 0 Å². The van der Waals surface area contributed by atoms with Gasteiger partial charge in [0.1, 0.15) is 0 Å². The number of aryl methyl sites for hydroxylation is 1. The van der Waals surface area contributed by atoms with E-state index < -0.39 is 0 Å². The summed E-state index contributed by atoms with van der Waals surface area (Å²) < 4.78 is 0. The lowest BCUT2D eigenvalue weighted by Gasteiger charge is -2.06. The Morgan fingerprint density at radius 3 is 2.36 bits per heavy atom. The van der Waals surface area contributed by atoms with Crippen molar-refractivity contribution < 1.29 is 0 Å². The van der Waals surface area contributed by atoms with Gasteiger partial charge in [-0.1, -0.05) is 137 Å². The molecule has 2 heteroatoms. The molecular weight excluding hydrogens is 472 g/mol. The minimum Gasteiger partial charge on any atom is -0.266 e. The van der Waals surface area contributed by atoms with Crippen LogP contribution in [-0.4, -0.2) is 11.2 Å². The normalized spacial score (nSPS) is 12.8. The van der Waals surface area contributed by atoms with Crippen LogP contribution in [0.1, 0.15) is 107 Å². The summed E-state index contributed by atoms with van der Waals surface area (Å²) in [6.07, 6.45) is 37.2. The Bertz CT molecular complexity index is 1080. The first-order valence-electron chi connectivity index (χ1n) is 15.1. The minimum atomic E-state index is 0.806. The molecule has 0 aliphatic heterocycles. The summed E-state index contributed by atoms with van der Waals surface area (Å²) in [5, 5.41) is 0. The molecule has 0 amide bonds. The van der Waals surface area contributed by atoms with Gasteiger partial charge in [-0.15, -0.1) is 0 Å². The monoisotopic (exact) mass is 522 g/mol. The van der Waals surface area contributed by atoms with Crippen molar-refractivity contribution in [2.24, 2.45) is 4.99 Å². The zero-order valence-electron chi connectivity index (χ0n) is 24.7. The third-order valence-electron chi connectivity index (χ3n) is 6.61. The van der Waals surface area contributed by atoms with Gasteiger partial charge in [-0.05, 0) is 61.8 Å². The van der Waals surface area contributed by atoms with Gasteiger partial charge < -0.3 is 0 Å². The number of benzene rings is 1. The number of hydrogen-bond donors (Lipinski definition) is 0. The molecule has 0 aliphatic rings. The van der Waals surface area contributed by atoms with Crippen LogP contribution >= 0.6 is 0 Å². The van der Waals surface area contributed by atoms with Crippen LogP contribution in [0.5, 0.6) is 0 Å². The molecule has 0 fully saturated rings. The van der Waals surface area contributed by atoms with Gasteiger partial charge in [0.25, 0.3) is 0 Å². The highest BCUT2D eigenvalue weighted by atomic mass is 14.7. The number of aliphatic imine (C=N–C) groups is 1. The number of allylic oxidation sites excluding steroid dienone is 8. The SMILES string of the molecule is C\C=C/C=C\C=C\c1cc(CCCCCC)ncc1/C=C\CC=N/C(=C\Cc1ccccc1)CCCCCC. The van der Waals surface area contributed by atoms with Crippen LogP contribution in [0.25, 0.3) is 12.2 Å². The first-order chi connectivity index (χ1) is 19.3. The van der Waals surface area contributed by atoms with Gasteiger partial charge in [0, 0.05) is 30.2 Å². The van der Waals surface area contributed by atoms with E-state index in [4.69, 9.17) is 9.98 Å². The summed E-state index contributed by atoms with van der Waals surface area (Å²) in [6, 6.07) is 12.9. The predicted molar refractivity (Wildman–Crippen MR) is 174 cm³/mol. The standard InChI is InChI=1S/C37H50N2/c1-4-7-10-13-17-24-34-31-37(27-19-12-9-6-3)39-32-35(34)25-20-21-30-38-36(26-18-11-8-5-2)29-28-33-22-15-14-16-23-33/h4,7,10,13-17,20,22-25,29-32H,5-6,8-9,11-12,18-19,21,26-28H2,1-3H3/b7-4-,13-10-,24-17+,25-20-,36-29-,38-30?. The number of aromatic nitrogens is 1. The first kappa shape index (κ1) is 32.0. The lowest BCUT2D eigenvalue weighted by atomic mass is 10.0. The molecule has 2 aromatic rings. The average Bonchev–Trinajstić information content (AvgIpc) is 2.96. The fraction of sp³-hybridized carbons (Fsp3) is 0.405. The van der Waals surface area contributed by atoms with E-state index in [1.165, 1.54) is 73.9 Å². The summed E-state index contributed by atoms with van der Waals surface area (Å²) >= 11 is 0.